The molecule has 0 bridgehead atoms. The summed E-state index contributed by atoms with van der Waals surface area (Å²) in [6.07, 6.45) is 4.19. The highest BCUT2D eigenvalue weighted by molar-refractivity contribution is 5.66. The number of aliphatic carboxylic acids is 1. The van der Waals surface area contributed by atoms with Crippen molar-refractivity contribution in [3.63, 3.8) is 0 Å². The second-order valence-electron chi connectivity index (χ2n) is 5.55. The third-order valence-electron chi connectivity index (χ3n) is 4.19. The fourth-order valence-corrected chi connectivity index (χ4v) is 3.09. The molecule has 2 atom stereocenters. The monoisotopic (exact) mass is 279 g/mol. The summed E-state index contributed by atoms with van der Waals surface area (Å²) < 4.78 is 13.3. The van der Waals surface area contributed by atoms with E-state index in [4.69, 9.17) is 5.11 Å². The number of carbonyl (C=O) groups is 1. The molecule has 1 aromatic carbocycles. The van der Waals surface area contributed by atoms with Crippen molar-refractivity contribution in [1.82, 2.24) is 4.90 Å². The molecule has 110 valence electrons. The van der Waals surface area contributed by atoms with E-state index in [-0.39, 0.29) is 24.3 Å². The van der Waals surface area contributed by atoms with E-state index in [0.717, 1.165) is 31.4 Å². The Balaban J connectivity index is 2.08. The lowest BCUT2D eigenvalue weighted by molar-refractivity contribution is -0.137. The summed E-state index contributed by atoms with van der Waals surface area (Å²) in [5, 5.41) is 8.85. The van der Waals surface area contributed by atoms with Crippen molar-refractivity contribution in [3.05, 3.63) is 35.6 Å². The molecule has 2 unspecified atom stereocenters. The van der Waals surface area contributed by atoms with Crippen LogP contribution in [0.4, 0.5) is 4.39 Å². The van der Waals surface area contributed by atoms with E-state index in [1.54, 1.807) is 12.1 Å². The number of carboxylic acids is 1. The Labute approximate surface area is 119 Å². The largest absolute Gasteiger partial charge is 0.481 e. The van der Waals surface area contributed by atoms with Gasteiger partial charge < -0.3 is 5.11 Å². The molecule has 3 nitrogen and oxygen atoms in total. The zero-order chi connectivity index (χ0) is 14.5. The molecular formula is C16H22FNO2. The summed E-state index contributed by atoms with van der Waals surface area (Å²) in [4.78, 5) is 13.1. The maximum absolute atomic E-state index is 13.3. The van der Waals surface area contributed by atoms with Gasteiger partial charge in [-0.1, -0.05) is 18.6 Å². The Kier molecular flexibility index (Phi) is 5.12. The Bertz CT molecular complexity index is 464. The minimum absolute atomic E-state index is 0.129. The van der Waals surface area contributed by atoms with Gasteiger partial charge in [0.2, 0.25) is 0 Å². The van der Waals surface area contributed by atoms with Gasteiger partial charge in [-0.15, -0.1) is 0 Å². The molecule has 1 aliphatic heterocycles. The van der Waals surface area contributed by atoms with Crippen molar-refractivity contribution < 1.29 is 14.3 Å². The number of hydrogen-bond acceptors (Lipinski definition) is 2. The molecule has 1 fully saturated rings. The van der Waals surface area contributed by atoms with Crippen molar-refractivity contribution in [2.24, 2.45) is 0 Å². The highest BCUT2D eigenvalue weighted by Crippen LogP contribution is 2.30. The lowest BCUT2D eigenvalue weighted by Gasteiger charge is -2.40. The molecule has 4 heteroatoms. The topological polar surface area (TPSA) is 40.5 Å². The van der Waals surface area contributed by atoms with Crippen molar-refractivity contribution in [3.8, 4) is 0 Å². The van der Waals surface area contributed by atoms with Gasteiger partial charge in [0.15, 0.2) is 0 Å². The predicted octanol–water partition coefficient (Wildman–Crippen LogP) is 3.61. The normalized spacial score (nSPS) is 21.6. The van der Waals surface area contributed by atoms with Crippen molar-refractivity contribution in [2.75, 3.05) is 6.54 Å². The van der Waals surface area contributed by atoms with Crippen molar-refractivity contribution in [2.45, 2.75) is 51.1 Å². The highest BCUT2D eigenvalue weighted by atomic mass is 19.1. The molecule has 2 rings (SSSR count). The van der Waals surface area contributed by atoms with Gasteiger partial charge in [0.25, 0.3) is 0 Å². The lowest BCUT2D eigenvalue weighted by atomic mass is 9.94. The first-order valence-corrected chi connectivity index (χ1v) is 7.31. The lowest BCUT2D eigenvalue weighted by Crippen LogP contribution is -2.41. The summed E-state index contributed by atoms with van der Waals surface area (Å²) in [7, 11) is 0. The number of likely N-dealkylation sites (tertiary alicyclic amines) is 1. The first-order valence-electron chi connectivity index (χ1n) is 7.31. The first kappa shape index (κ1) is 15.0. The molecule has 0 radical (unpaired) electrons. The second-order valence-corrected chi connectivity index (χ2v) is 5.55. The van der Waals surface area contributed by atoms with E-state index in [2.05, 4.69) is 11.8 Å². The van der Waals surface area contributed by atoms with Crippen LogP contribution in [0.5, 0.6) is 0 Å². The van der Waals surface area contributed by atoms with Gasteiger partial charge in [0, 0.05) is 18.5 Å². The summed E-state index contributed by atoms with van der Waals surface area (Å²) >= 11 is 0. The Hall–Kier alpha value is -1.42. The van der Waals surface area contributed by atoms with Crippen LogP contribution in [0, 0.1) is 5.82 Å². The van der Waals surface area contributed by atoms with Crippen LogP contribution >= 0.6 is 0 Å². The predicted molar refractivity (Wildman–Crippen MR) is 76.0 cm³/mol. The molecule has 1 saturated heterocycles. The molecule has 0 aliphatic carbocycles. The van der Waals surface area contributed by atoms with E-state index >= 15 is 0 Å². The van der Waals surface area contributed by atoms with E-state index in [9.17, 15) is 9.18 Å². The average molecular weight is 279 g/mol. The second kappa shape index (κ2) is 6.84. The third-order valence-corrected chi connectivity index (χ3v) is 4.19. The molecule has 0 amide bonds. The van der Waals surface area contributed by atoms with E-state index < -0.39 is 5.97 Å². The van der Waals surface area contributed by atoms with Gasteiger partial charge in [-0.05, 0) is 50.4 Å². The summed E-state index contributed by atoms with van der Waals surface area (Å²) in [5.41, 5.74) is 0.965. The van der Waals surface area contributed by atoms with Gasteiger partial charge in [-0.25, -0.2) is 4.39 Å². The van der Waals surface area contributed by atoms with Crippen LogP contribution < -0.4 is 0 Å². The van der Waals surface area contributed by atoms with Crippen LogP contribution in [0.3, 0.4) is 0 Å². The first-order chi connectivity index (χ1) is 9.58. The average Bonchev–Trinajstić information content (AvgIpc) is 2.44. The molecule has 20 heavy (non-hydrogen) atoms. The molecule has 1 heterocycles. The zero-order valence-corrected chi connectivity index (χ0v) is 11.9. The number of benzene rings is 1. The minimum atomic E-state index is -0.742. The molecular weight excluding hydrogens is 257 g/mol. The smallest absolute Gasteiger partial charge is 0.303 e. The van der Waals surface area contributed by atoms with E-state index in [1.165, 1.54) is 6.07 Å². The third kappa shape index (κ3) is 3.79. The maximum Gasteiger partial charge on any atom is 0.303 e. The summed E-state index contributed by atoms with van der Waals surface area (Å²) in [5.74, 6) is -0.956. The highest BCUT2D eigenvalue weighted by Gasteiger charge is 2.27. The Morgan fingerprint density at radius 1 is 1.50 bits per heavy atom. The molecule has 1 aliphatic rings. The summed E-state index contributed by atoms with van der Waals surface area (Å²) in [6.45, 7) is 3.04. The fourth-order valence-electron chi connectivity index (χ4n) is 3.09. The van der Waals surface area contributed by atoms with Gasteiger partial charge in [0.1, 0.15) is 5.82 Å². The fraction of sp³-hybridized carbons (Fsp3) is 0.562. The summed E-state index contributed by atoms with van der Waals surface area (Å²) in [6, 6.07) is 7.12. The van der Waals surface area contributed by atoms with Gasteiger partial charge >= 0.3 is 5.97 Å². The SMILES string of the molecule is CC(c1cccc(F)c1)N1CCCCC1CCC(=O)O. The van der Waals surface area contributed by atoms with Crippen LogP contribution in [0.1, 0.15) is 50.6 Å². The van der Waals surface area contributed by atoms with E-state index in [0.29, 0.717) is 6.42 Å². The molecule has 0 aromatic heterocycles. The molecule has 1 aromatic rings. The van der Waals surface area contributed by atoms with Gasteiger partial charge in [-0.2, -0.15) is 0 Å². The number of nitrogens with zero attached hydrogens (tertiary/aromatic N) is 1. The number of hydrogen-bond donors (Lipinski definition) is 1. The number of rotatable bonds is 5. The van der Waals surface area contributed by atoms with Crippen molar-refractivity contribution in [1.29, 1.82) is 0 Å². The Morgan fingerprint density at radius 2 is 2.30 bits per heavy atom. The quantitative estimate of drug-likeness (QED) is 0.895. The van der Waals surface area contributed by atoms with E-state index in [1.807, 2.05) is 6.07 Å². The number of halogens is 1. The van der Waals surface area contributed by atoms with Gasteiger partial charge in [-0.3, -0.25) is 9.69 Å². The standard InChI is InChI=1S/C16H22FNO2/c1-12(13-5-4-6-14(17)11-13)18-10-3-2-7-15(18)8-9-16(19)20/h4-6,11-12,15H,2-3,7-10H2,1H3,(H,19,20). The molecule has 0 spiro atoms. The molecule has 1 N–H and O–H groups in total. The van der Waals surface area contributed by atoms with Gasteiger partial charge in [0.05, 0.1) is 0 Å². The Morgan fingerprint density at radius 3 is 3.00 bits per heavy atom. The van der Waals surface area contributed by atoms with Crippen molar-refractivity contribution >= 4 is 5.97 Å². The maximum atomic E-state index is 13.3. The minimum Gasteiger partial charge on any atom is -0.481 e. The number of carboxylic acid groups (broad SMARTS) is 1. The number of piperidine rings is 1. The van der Waals surface area contributed by atoms with Crippen LogP contribution in [0.15, 0.2) is 24.3 Å². The van der Waals surface area contributed by atoms with Crippen LogP contribution in [0.25, 0.3) is 0 Å². The van der Waals surface area contributed by atoms with Crippen LogP contribution in [-0.4, -0.2) is 28.6 Å². The van der Waals surface area contributed by atoms with Crippen LogP contribution in [0.2, 0.25) is 0 Å². The van der Waals surface area contributed by atoms with Crippen LogP contribution in [-0.2, 0) is 4.79 Å². The molecule has 0 saturated carbocycles. The zero-order valence-electron chi connectivity index (χ0n) is 11.9.